The minimum atomic E-state index is -0.00846. The summed E-state index contributed by atoms with van der Waals surface area (Å²) in [4.78, 5) is 26.6. The largest absolute Gasteiger partial charge is 0.347 e. The molecular formula is C18H21N3O2. The van der Waals surface area contributed by atoms with E-state index in [2.05, 4.69) is 6.58 Å². The molecule has 0 saturated heterocycles. The first-order chi connectivity index (χ1) is 11.1. The van der Waals surface area contributed by atoms with E-state index >= 15 is 0 Å². The Morgan fingerprint density at radius 2 is 2.04 bits per heavy atom. The molecule has 0 atom stereocenters. The summed E-state index contributed by atoms with van der Waals surface area (Å²) in [7, 11) is 1.88. The molecular weight excluding hydrogens is 290 g/mol. The van der Waals surface area contributed by atoms with Crippen molar-refractivity contribution in [3.8, 4) is 0 Å². The summed E-state index contributed by atoms with van der Waals surface area (Å²) in [5.74, 6) is 0.0444. The van der Waals surface area contributed by atoms with Crippen LogP contribution in [0.25, 0.3) is 0 Å². The van der Waals surface area contributed by atoms with E-state index in [0.29, 0.717) is 31.7 Å². The Morgan fingerprint density at radius 3 is 2.74 bits per heavy atom. The Bertz CT molecular complexity index is 801. The Labute approximate surface area is 135 Å². The second-order valence-corrected chi connectivity index (χ2v) is 5.84. The molecule has 5 nitrogen and oxygen atoms in total. The maximum absolute atomic E-state index is 12.7. The predicted molar refractivity (Wildman–Crippen MR) is 89.6 cm³/mol. The SMILES string of the molecule is C=CCn1c2c(ccc1=O)CCN(C(=O)c1cccn1C)CC2. The molecule has 120 valence electrons. The van der Waals surface area contributed by atoms with E-state index in [1.54, 1.807) is 16.7 Å². The number of hydrogen-bond donors (Lipinski definition) is 0. The fourth-order valence-electron chi connectivity index (χ4n) is 3.17. The summed E-state index contributed by atoms with van der Waals surface area (Å²) < 4.78 is 3.60. The molecule has 0 aromatic carbocycles. The number of carbonyl (C=O) groups is 1. The monoisotopic (exact) mass is 311 g/mol. The maximum atomic E-state index is 12.7. The van der Waals surface area contributed by atoms with Crippen molar-refractivity contribution in [3.05, 3.63) is 70.4 Å². The first-order valence-electron chi connectivity index (χ1n) is 7.85. The van der Waals surface area contributed by atoms with Gasteiger partial charge in [0.1, 0.15) is 5.69 Å². The van der Waals surface area contributed by atoms with Crippen LogP contribution in [0.4, 0.5) is 0 Å². The first kappa shape index (κ1) is 15.3. The number of fused-ring (bicyclic) bond motifs is 1. The van der Waals surface area contributed by atoms with Crippen LogP contribution in [0.15, 0.2) is 47.9 Å². The summed E-state index contributed by atoms with van der Waals surface area (Å²) in [6, 6.07) is 7.22. The molecule has 1 aliphatic rings. The number of aromatic nitrogens is 2. The number of pyridine rings is 1. The van der Waals surface area contributed by atoms with Gasteiger partial charge in [-0.1, -0.05) is 12.1 Å². The lowest BCUT2D eigenvalue weighted by Crippen LogP contribution is -2.34. The summed E-state index contributed by atoms with van der Waals surface area (Å²) in [6.07, 6.45) is 5.07. The standard InChI is InChI=1S/C18H21N3O2/c1-3-10-21-15-9-13-20(12-8-14(15)6-7-17(21)22)18(23)16-5-4-11-19(16)2/h3-7,11H,1,8-10,12-13H2,2H3. The number of rotatable bonds is 3. The third-order valence-corrected chi connectivity index (χ3v) is 4.42. The average Bonchev–Trinajstić information content (AvgIpc) is 2.85. The molecule has 0 fully saturated rings. The number of allylic oxidation sites excluding steroid dienone is 1. The molecule has 0 bridgehead atoms. The Morgan fingerprint density at radius 1 is 1.26 bits per heavy atom. The molecule has 0 N–H and O–H groups in total. The van der Waals surface area contributed by atoms with Gasteiger partial charge in [0.2, 0.25) is 0 Å². The molecule has 0 unspecified atom stereocenters. The predicted octanol–water partition coefficient (Wildman–Crippen LogP) is 1.61. The highest BCUT2D eigenvalue weighted by Crippen LogP contribution is 2.16. The van der Waals surface area contributed by atoms with Gasteiger partial charge < -0.3 is 14.0 Å². The number of amides is 1. The molecule has 5 heteroatoms. The molecule has 2 aromatic heterocycles. The summed E-state index contributed by atoms with van der Waals surface area (Å²) >= 11 is 0. The number of carbonyl (C=O) groups excluding carboxylic acids is 1. The van der Waals surface area contributed by atoms with Gasteiger partial charge >= 0.3 is 0 Å². The van der Waals surface area contributed by atoms with Crippen LogP contribution in [0.5, 0.6) is 0 Å². The van der Waals surface area contributed by atoms with Crippen molar-refractivity contribution >= 4 is 5.91 Å². The Kier molecular flexibility index (Phi) is 4.19. The lowest BCUT2D eigenvalue weighted by molar-refractivity contribution is 0.0753. The highest BCUT2D eigenvalue weighted by atomic mass is 16.2. The highest BCUT2D eigenvalue weighted by molar-refractivity contribution is 5.92. The van der Waals surface area contributed by atoms with Gasteiger partial charge in [-0.25, -0.2) is 0 Å². The van der Waals surface area contributed by atoms with Crippen molar-refractivity contribution in [2.24, 2.45) is 7.05 Å². The summed E-state index contributed by atoms with van der Waals surface area (Å²) in [5.41, 5.74) is 2.86. The van der Waals surface area contributed by atoms with Crippen molar-refractivity contribution in [1.82, 2.24) is 14.0 Å². The van der Waals surface area contributed by atoms with Gasteiger partial charge in [-0.05, 0) is 24.1 Å². The van der Waals surface area contributed by atoms with Crippen molar-refractivity contribution < 1.29 is 4.79 Å². The minimum absolute atomic E-state index is 0.00846. The van der Waals surface area contributed by atoms with Gasteiger partial charge in [-0.3, -0.25) is 9.59 Å². The number of hydrogen-bond acceptors (Lipinski definition) is 2. The van der Waals surface area contributed by atoms with E-state index in [0.717, 1.165) is 17.7 Å². The van der Waals surface area contributed by atoms with E-state index < -0.39 is 0 Å². The third kappa shape index (κ3) is 2.86. The molecule has 0 saturated carbocycles. The maximum Gasteiger partial charge on any atom is 0.270 e. The summed E-state index contributed by atoms with van der Waals surface area (Å²) in [5, 5.41) is 0. The number of nitrogens with zero attached hydrogens (tertiary/aromatic N) is 3. The quantitative estimate of drug-likeness (QED) is 0.809. The Hall–Kier alpha value is -2.56. The zero-order valence-corrected chi connectivity index (χ0v) is 13.4. The van der Waals surface area contributed by atoms with Gasteiger partial charge in [0.15, 0.2) is 0 Å². The van der Waals surface area contributed by atoms with Gasteiger partial charge in [0.25, 0.3) is 11.5 Å². The zero-order chi connectivity index (χ0) is 16.4. The number of aryl methyl sites for hydroxylation is 1. The highest BCUT2D eigenvalue weighted by Gasteiger charge is 2.22. The van der Waals surface area contributed by atoms with E-state index in [4.69, 9.17) is 0 Å². The second-order valence-electron chi connectivity index (χ2n) is 5.84. The molecule has 3 heterocycles. The molecule has 1 amide bonds. The topological polar surface area (TPSA) is 47.2 Å². The second kappa shape index (κ2) is 6.28. The Balaban J connectivity index is 1.87. The van der Waals surface area contributed by atoms with Gasteiger partial charge in [0.05, 0.1) is 0 Å². The van der Waals surface area contributed by atoms with Crippen molar-refractivity contribution in [2.45, 2.75) is 19.4 Å². The van der Waals surface area contributed by atoms with Crippen molar-refractivity contribution in [1.29, 1.82) is 0 Å². The molecule has 0 radical (unpaired) electrons. The van der Waals surface area contributed by atoms with Crippen molar-refractivity contribution in [2.75, 3.05) is 13.1 Å². The van der Waals surface area contributed by atoms with Crippen LogP contribution in [0.3, 0.4) is 0 Å². The van der Waals surface area contributed by atoms with Crippen molar-refractivity contribution in [3.63, 3.8) is 0 Å². The van der Waals surface area contributed by atoms with Crippen LogP contribution >= 0.6 is 0 Å². The summed E-state index contributed by atoms with van der Waals surface area (Å²) in [6.45, 7) is 5.53. The fraction of sp³-hybridized carbons (Fsp3) is 0.333. The van der Waals surface area contributed by atoms with Gasteiger partial charge in [-0.15, -0.1) is 6.58 Å². The molecule has 1 aliphatic heterocycles. The van der Waals surface area contributed by atoms with Gasteiger partial charge in [-0.2, -0.15) is 0 Å². The first-order valence-corrected chi connectivity index (χ1v) is 7.85. The normalized spacial score (nSPS) is 14.2. The van der Waals surface area contributed by atoms with Crippen LogP contribution < -0.4 is 5.56 Å². The lowest BCUT2D eigenvalue weighted by Gasteiger charge is -2.20. The van der Waals surface area contributed by atoms with E-state index in [1.807, 2.05) is 40.9 Å². The molecule has 3 rings (SSSR count). The molecule has 2 aromatic rings. The molecule has 0 aliphatic carbocycles. The van der Waals surface area contributed by atoms with Crippen LogP contribution in [-0.2, 0) is 26.4 Å². The third-order valence-electron chi connectivity index (χ3n) is 4.42. The van der Waals surface area contributed by atoms with Crippen LogP contribution in [0, 0.1) is 0 Å². The minimum Gasteiger partial charge on any atom is -0.347 e. The van der Waals surface area contributed by atoms with Crippen LogP contribution in [0.2, 0.25) is 0 Å². The van der Waals surface area contributed by atoms with Gasteiger partial charge in [0, 0.05) is 51.1 Å². The average molecular weight is 311 g/mol. The van der Waals surface area contributed by atoms with E-state index in [-0.39, 0.29) is 11.5 Å². The van der Waals surface area contributed by atoms with E-state index in [1.165, 1.54) is 0 Å². The zero-order valence-electron chi connectivity index (χ0n) is 13.4. The van der Waals surface area contributed by atoms with Crippen LogP contribution in [-0.4, -0.2) is 33.0 Å². The molecule has 23 heavy (non-hydrogen) atoms. The molecule has 0 spiro atoms. The smallest absolute Gasteiger partial charge is 0.270 e. The van der Waals surface area contributed by atoms with Crippen LogP contribution in [0.1, 0.15) is 21.7 Å². The fourth-order valence-corrected chi connectivity index (χ4v) is 3.17. The van der Waals surface area contributed by atoms with E-state index in [9.17, 15) is 9.59 Å². The lowest BCUT2D eigenvalue weighted by atomic mass is 10.1.